The first-order valence-corrected chi connectivity index (χ1v) is 11.7. The third-order valence-corrected chi connectivity index (χ3v) is 8.81. The van der Waals surface area contributed by atoms with E-state index in [0.29, 0.717) is 11.1 Å². The molecule has 2 aliphatic heterocycles. The Morgan fingerprint density at radius 3 is 2.27 bits per heavy atom. The highest BCUT2D eigenvalue weighted by Crippen LogP contribution is 2.54. The molecular formula is C24H44N2. The van der Waals surface area contributed by atoms with Gasteiger partial charge in [-0.05, 0) is 90.9 Å². The van der Waals surface area contributed by atoms with Crippen LogP contribution in [0.15, 0.2) is 0 Å². The van der Waals surface area contributed by atoms with E-state index in [1.54, 1.807) is 0 Å². The van der Waals surface area contributed by atoms with Gasteiger partial charge in [-0.25, -0.2) is 0 Å². The van der Waals surface area contributed by atoms with Gasteiger partial charge in [0.15, 0.2) is 0 Å². The molecule has 4 aliphatic rings. The molecule has 2 saturated carbocycles. The van der Waals surface area contributed by atoms with Crippen LogP contribution in [0.4, 0.5) is 0 Å². The third kappa shape index (κ3) is 3.08. The molecule has 26 heavy (non-hydrogen) atoms. The maximum absolute atomic E-state index is 4.07. The van der Waals surface area contributed by atoms with Gasteiger partial charge in [0.25, 0.3) is 0 Å². The highest BCUT2D eigenvalue weighted by molar-refractivity contribution is 5.15. The number of piperidine rings is 2. The van der Waals surface area contributed by atoms with Crippen LogP contribution in [0.3, 0.4) is 0 Å². The lowest BCUT2D eigenvalue weighted by molar-refractivity contribution is -0.166. The minimum Gasteiger partial charge on any atom is -0.309 e. The van der Waals surface area contributed by atoms with Crippen LogP contribution in [0.25, 0.3) is 0 Å². The predicted octanol–water partition coefficient (Wildman–Crippen LogP) is 5.76. The summed E-state index contributed by atoms with van der Waals surface area (Å²) in [5, 5.41) is 4.07. The van der Waals surface area contributed by atoms with Crippen LogP contribution >= 0.6 is 0 Å². The van der Waals surface area contributed by atoms with Gasteiger partial charge in [-0.15, -0.1) is 0 Å². The van der Waals surface area contributed by atoms with E-state index >= 15 is 0 Å². The minimum atomic E-state index is 0.260. The molecule has 0 aromatic carbocycles. The molecular weight excluding hydrogens is 316 g/mol. The maximum atomic E-state index is 4.07. The summed E-state index contributed by atoms with van der Waals surface area (Å²) in [7, 11) is 0. The Morgan fingerprint density at radius 2 is 1.50 bits per heavy atom. The average molecular weight is 361 g/mol. The molecule has 2 heteroatoms. The third-order valence-electron chi connectivity index (χ3n) is 8.81. The molecule has 0 bridgehead atoms. The van der Waals surface area contributed by atoms with Gasteiger partial charge in [0, 0.05) is 28.7 Å². The van der Waals surface area contributed by atoms with E-state index in [4.69, 9.17) is 0 Å². The van der Waals surface area contributed by atoms with Gasteiger partial charge in [0.05, 0.1) is 0 Å². The molecule has 2 nitrogen and oxygen atoms in total. The summed E-state index contributed by atoms with van der Waals surface area (Å²) in [4.78, 5) is 3.13. The van der Waals surface area contributed by atoms with Gasteiger partial charge in [0.1, 0.15) is 0 Å². The normalized spacial score (nSPS) is 48.5. The lowest BCUT2D eigenvalue weighted by Crippen LogP contribution is -2.76. The van der Waals surface area contributed by atoms with Crippen molar-refractivity contribution in [2.45, 2.75) is 134 Å². The largest absolute Gasteiger partial charge is 0.309 e. The number of nitrogens with one attached hydrogen (secondary N) is 1. The van der Waals surface area contributed by atoms with Gasteiger partial charge in [-0.3, -0.25) is 4.90 Å². The number of fused-ring (bicyclic) bond motifs is 2. The highest BCUT2D eigenvalue weighted by atomic mass is 15.3. The lowest BCUT2D eigenvalue weighted by atomic mass is 9.58. The molecule has 1 N–H and O–H groups in total. The number of hydrogen-bond acceptors (Lipinski definition) is 2. The fraction of sp³-hybridized carbons (Fsp3) is 1.00. The predicted molar refractivity (Wildman–Crippen MR) is 111 cm³/mol. The fourth-order valence-corrected chi connectivity index (χ4v) is 8.57. The van der Waals surface area contributed by atoms with Crippen LogP contribution in [-0.2, 0) is 0 Å². The SMILES string of the molecule is CC1CC(C)(C)N(C2(C)CC(C)(C)NC3CCCCC32)C2CCCCC12. The van der Waals surface area contributed by atoms with Crippen molar-refractivity contribution in [3.63, 3.8) is 0 Å². The smallest absolute Gasteiger partial charge is 0.0250 e. The first-order valence-electron chi connectivity index (χ1n) is 11.7. The van der Waals surface area contributed by atoms with Crippen molar-refractivity contribution in [3.05, 3.63) is 0 Å². The zero-order chi connectivity index (χ0) is 18.7. The molecule has 4 fully saturated rings. The van der Waals surface area contributed by atoms with E-state index in [-0.39, 0.29) is 5.54 Å². The van der Waals surface area contributed by atoms with Crippen LogP contribution in [0.2, 0.25) is 0 Å². The van der Waals surface area contributed by atoms with Crippen LogP contribution in [0.5, 0.6) is 0 Å². The second kappa shape index (κ2) is 6.48. The van der Waals surface area contributed by atoms with Crippen molar-refractivity contribution in [1.82, 2.24) is 10.2 Å². The maximum Gasteiger partial charge on any atom is 0.0250 e. The van der Waals surface area contributed by atoms with Crippen molar-refractivity contribution >= 4 is 0 Å². The van der Waals surface area contributed by atoms with Crippen molar-refractivity contribution in [2.75, 3.05) is 0 Å². The Bertz CT molecular complexity index is 524. The molecule has 6 atom stereocenters. The van der Waals surface area contributed by atoms with Gasteiger partial charge < -0.3 is 5.32 Å². The molecule has 0 aromatic rings. The van der Waals surface area contributed by atoms with E-state index in [1.165, 1.54) is 64.2 Å². The molecule has 0 radical (unpaired) electrons. The van der Waals surface area contributed by atoms with Crippen LogP contribution < -0.4 is 5.32 Å². The summed E-state index contributed by atoms with van der Waals surface area (Å²) in [6.07, 6.45) is 14.2. The van der Waals surface area contributed by atoms with Gasteiger partial charge >= 0.3 is 0 Å². The molecule has 2 aliphatic carbocycles. The first-order chi connectivity index (χ1) is 12.1. The second-order valence-electron chi connectivity index (χ2n) is 11.9. The van der Waals surface area contributed by atoms with Crippen LogP contribution in [0, 0.1) is 17.8 Å². The Kier molecular flexibility index (Phi) is 4.79. The Morgan fingerprint density at radius 1 is 0.846 bits per heavy atom. The molecule has 2 heterocycles. The molecule has 2 saturated heterocycles. The summed E-state index contributed by atoms with van der Waals surface area (Å²) in [6, 6.07) is 1.55. The van der Waals surface area contributed by atoms with Crippen molar-refractivity contribution in [2.24, 2.45) is 17.8 Å². The van der Waals surface area contributed by atoms with Crippen LogP contribution in [0.1, 0.15) is 106 Å². The number of likely N-dealkylation sites (tertiary alicyclic amines) is 1. The molecule has 0 amide bonds. The zero-order valence-electron chi connectivity index (χ0n) is 18.4. The number of rotatable bonds is 1. The quantitative estimate of drug-likeness (QED) is 0.640. The number of hydrogen-bond donors (Lipinski definition) is 1. The van der Waals surface area contributed by atoms with Gasteiger partial charge in [-0.1, -0.05) is 32.6 Å². The molecule has 150 valence electrons. The van der Waals surface area contributed by atoms with Gasteiger partial charge in [0.2, 0.25) is 0 Å². The van der Waals surface area contributed by atoms with E-state index < -0.39 is 0 Å². The first kappa shape index (κ1) is 19.2. The van der Waals surface area contributed by atoms with Gasteiger partial charge in [-0.2, -0.15) is 0 Å². The summed E-state index contributed by atoms with van der Waals surface area (Å²) < 4.78 is 0. The molecule has 4 rings (SSSR count). The monoisotopic (exact) mass is 360 g/mol. The number of nitrogens with zero attached hydrogens (tertiary/aromatic N) is 1. The zero-order valence-corrected chi connectivity index (χ0v) is 18.4. The van der Waals surface area contributed by atoms with E-state index in [1.807, 2.05) is 0 Å². The standard InChI is InChI=1S/C24H44N2/c1-17-15-23(4,5)26(21-14-10-7-11-18(17)21)24(6)16-22(2,3)25-20-13-9-8-12-19(20)24/h17-21,25H,7-16H2,1-6H3. The molecule has 0 spiro atoms. The Balaban J connectivity index is 1.75. The van der Waals surface area contributed by atoms with Crippen molar-refractivity contribution in [1.29, 1.82) is 0 Å². The summed E-state index contributed by atoms with van der Waals surface area (Å²) >= 11 is 0. The lowest BCUT2D eigenvalue weighted by Gasteiger charge is -2.68. The summed E-state index contributed by atoms with van der Waals surface area (Å²) in [5.41, 5.74) is 0.947. The fourth-order valence-electron chi connectivity index (χ4n) is 8.57. The topological polar surface area (TPSA) is 15.3 Å². The van der Waals surface area contributed by atoms with Crippen molar-refractivity contribution < 1.29 is 0 Å². The molecule has 0 aromatic heterocycles. The summed E-state index contributed by atoms with van der Waals surface area (Å²) in [5.74, 6) is 2.67. The van der Waals surface area contributed by atoms with Crippen LogP contribution in [-0.4, -0.2) is 33.6 Å². The Labute approximate surface area is 162 Å². The van der Waals surface area contributed by atoms with E-state index in [0.717, 1.165) is 29.8 Å². The van der Waals surface area contributed by atoms with Crippen molar-refractivity contribution in [3.8, 4) is 0 Å². The highest BCUT2D eigenvalue weighted by Gasteiger charge is 2.59. The Hall–Kier alpha value is -0.0800. The second-order valence-corrected chi connectivity index (χ2v) is 11.9. The molecule has 6 unspecified atom stereocenters. The average Bonchev–Trinajstić information content (AvgIpc) is 2.52. The van der Waals surface area contributed by atoms with E-state index in [2.05, 4.69) is 51.8 Å². The minimum absolute atomic E-state index is 0.260. The van der Waals surface area contributed by atoms with E-state index in [9.17, 15) is 0 Å². The summed E-state index contributed by atoms with van der Waals surface area (Å²) in [6.45, 7) is 15.3.